The lowest BCUT2D eigenvalue weighted by Crippen LogP contribution is -2.45. The standard InChI is InChI=1S/C11H17NO2S2/c13-9-3-6-16-10(14)12(9)7-11(8-15)4-1-2-5-11/h15H,1-8H2. The van der Waals surface area contributed by atoms with Gasteiger partial charge in [0.25, 0.3) is 5.24 Å². The zero-order valence-corrected chi connectivity index (χ0v) is 11.0. The molecule has 1 aliphatic carbocycles. The molecule has 0 aromatic heterocycles. The van der Waals surface area contributed by atoms with Crippen LogP contribution in [-0.4, -0.2) is 34.1 Å². The molecule has 0 N–H and O–H groups in total. The summed E-state index contributed by atoms with van der Waals surface area (Å²) >= 11 is 5.67. The second-order valence-corrected chi connectivity index (χ2v) is 6.07. The second-order valence-electron chi connectivity index (χ2n) is 4.71. The first-order chi connectivity index (χ1) is 7.67. The van der Waals surface area contributed by atoms with E-state index in [9.17, 15) is 9.59 Å². The van der Waals surface area contributed by atoms with Gasteiger partial charge in [0, 0.05) is 18.7 Å². The van der Waals surface area contributed by atoms with Crippen molar-refractivity contribution in [1.82, 2.24) is 4.90 Å². The van der Waals surface area contributed by atoms with Gasteiger partial charge < -0.3 is 0 Å². The fourth-order valence-corrected chi connectivity index (χ4v) is 3.71. The number of imide groups is 1. The zero-order valence-electron chi connectivity index (χ0n) is 9.28. The first kappa shape index (κ1) is 12.3. The Kier molecular flexibility index (Phi) is 3.85. The number of rotatable bonds is 3. The fourth-order valence-electron chi connectivity index (χ4n) is 2.52. The molecule has 1 saturated heterocycles. The van der Waals surface area contributed by atoms with Crippen LogP contribution in [0.15, 0.2) is 0 Å². The molecule has 1 aliphatic heterocycles. The van der Waals surface area contributed by atoms with Crippen LogP contribution in [0.4, 0.5) is 4.79 Å². The summed E-state index contributed by atoms with van der Waals surface area (Å²) in [5, 5.41) is -0.0655. The van der Waals surface area contributed by atoms with Gasteiger partial charge in [-0.3, -0.25) is 14.5 Å². The van der Waals surface area contributed by atoms with Gasteiger partial charge in [0.05, 0.1) is 0 Å². The Hall–Kier alpha value is -0.160. The van der Waals surface area contributed by atoms with E-state index in [1.54, 1.807) is 0 Å². The summed E-state index contributed by atoms with van der Waals surface area (Å²) in [5.74, 6) is 1.41. The number of amides is 2. The van der Waals surface area contributed by atoms with Crippen LogP contribution in [0.3, 0.4) is 0 Å². The van der Waals surface area contributed by atoms with Crippen LogP contribution >= 0.6 is 24.4 Å². The van der Waals surface area contributed by atoms with Gasteiger partial charge in [0.2, 0.25) is 5.91 Å². The maximum Gasteiger partial charge on any atom is 0.288 e. The molecule has 1 saturated carbocycles. The van der Waals surface area contributed by atoms with E-state index in [-0.39, 0.29) is 16.6 Å². The van der Waals surface area contributed by atoms with Gasteiger partial charge in [-0.1, -0.05) is 24.6 Å². The number of hydrogen-bond acceptors (Lipinski definition) is 4. The van der Waals surface area contributed by atoms with Crippen LogP contribution in [0, 0.1) is 5.41 Å². The molecular formula is C11H17NO2S2. The van der Waals surface area contributed by atoms with Crippen molar-refractivity contribution in [3.63, 3.8) is 0 Å². The number of carbonyl (C=O) groups is 2. The lowest BCUT2D eigenvalue weighted by Gasteiger charge is -2.34. The van der Waals surface area contributed by atoms with Gasteiger partial charge in [0.1, 0.15) is 0 Å². The van der Waals surface area contributed by atoms with Crippen LogP contribution in [0.25, 0.3) is 0 Å². The van der Waals surface area contributed by atoms with Gasteiger partial charge in [-0.2, -0.15) is 12.6 Å². The molecule has 1 heterocycles. The van der Waals surface area contributed by atoms with Gasteiger partial charge in [-0.25, -0.2) is 0 Å². The third kappa shape index (κ3) is 2.40. The average molecular weight is 259 g/mol. The molecule has 90 valence electrons. The number of hydrogen-bond donors (Lipinski definition) is 1. The molecule has 0 spiro atoms. The normalized spacial score (nSPS) is 25.2. The lowest BCUT2D eigenvalue weighted by atomic mass is 9.88. The van der Waals surface area contributed by atoms with Gasteiger partial charge in [-0.15, -0.1) is 0 Å². The summed E-state index contributed by atoms with van der Waals surface area (Å²) in [6.07, 6.45) is 5.09. The molecule has 3 nitrogen and oxygen atoms in total. The van der Waals surface area contributed by atoms with E-state index in [0.717, 1.165) is 18.6 Å². The van der Waals surface area contributed by atoms with E-state index < -0.39 is 0 Å². The first-order valence-electron chi connectivity index (χ1n) is 5.75. The molecule has 0 aromatic rings. The van der Waals surface area contributed by atoms with Crippen LogP contribution < -0.4 is 0 Å². The minimum absolute atomic E-state index is 0.00296. The third-order valence-electron chi connectivity index (χ3n) is 3.56. The lowest BCUT2D eigenvalue weighted by molar-refractivity contribution is -0.128. The van der Waals surface area contributed by atoms with E-state index in [1.165, 1.54) is 29.5 Å². The molecule has 0 atom stereocenters. The molecule has 16 heavy (non-hydrogen) atoms. The topological polar surface area (TPSA) is 37.4 Å². The van der Waals surface area contributed by atoms with E-state index in [0.29, 0.717) is 18.7 Å². The monoisotopic (exact) mass is 259 g/mol. The highest BCUT2D eigenvalue weighted by molar-refractivity contribution is 8.13. The molecule has 0 unspecified atom stereocenters. The Morgan fingerprint density at radius 2 is 2.00 bits per heavy atom. The van der Waals surface area contributed by atoms with Crippen LogP contribution in [0.5, 0.6) is 0 Å². The Bertz CT molecular complexity index is 284. The SMILES string of the molecule is O=C1CCSC(=O)N1CC1(CS)CCCC1. The van der Waals surface area contributed by atoms with Crippen molar-refractivity contribution in [2.45, 2.75) is 32.1 Å². The van der Waals surface area contributed by atoms with Crippen molar-refractivity contribution in [2.24, 2.45) is 5.41 Å². The third-order valence-corrected chi connectivity index (χ3v) is 5.10. The smallest absolute Gasteiger partial charge is 0.274 e. The minimum Gasteiger partial charge on any atom is -0.274 e. The fraction of sp³-hybridized carbons (Fsp3) is 0.818. The number of carbonyl (C=O) groups excluding carboxylic acids is 2. The quantitative estimate of drug-likeness (QED) is 0.792. The average Bonchev–Trinajstić information content (AvgIpc) is 2.73. The molecular weight excluding hydrogens is 242 g/mol. The number of thioether (sulfide) groups is 1. The summed E-state index contributed by atoms with van der Waals surface area (Å²) in [6.45, 7) is 0.584. The molecule has 2 rings (SSSR count). The number of thiol groups is 1. The highest BCUT2D eigenvalue weighted by atomic mass is 32.2. The van der Waals surface area contributed by atoms with E-state index in [2.05, 4.69) is 12.6 Å². The highest BCUT2D eigenvalue weighted by Gasteiger charge is 2.38. The molecule has 2 amide bonds. The Morgan fingerprint density at radius 1 is 1.31 bits per heavy atom. The van der Waals surface area contributed by atoms with Crippen molar-refractivity contribution in [2.75, 3.05) is 18.1 Å². The second kappa shape index (κ2) is 5.00. The molecule has 0 aromatic carbocycles. The molecule has 2 aliphatic rings. The van der Waals surface area contributed by atoms with Crippen molar-refractivity contribution in [3.8, 4) is 0 Å². The largest absolute Gasteiger partial charge is 0.288 e. The van der Waals surface area contributed by atoms with E-state index in [4.69, 9.17) is 0 Å². The molecule has 2 fully saturated rings. The first-order valence-corrected chi connectivity index (χ1v) is 7.37. The van der Waals surface area contributed by atoms with Gasteiger partial charge >= 0.3 is 0 Å². The van der Waals surface area contributed by atoms with Crippen LogP contribution in [0.1, 0.15) is 32.1 Å². The molecule has 0 radical (unpaired) electrons. The highest BCUT2D eigenvalue weighted by Crippen LogP contribution is 2.40. The summed E-state index contributed by atoms with van der Waals surface area (Å²) in [5.41, 5.74) is 0.0896. The Labute approximate surface area is 106 Å². The van der Waals surface area contributed by atoms with Crippen molar-refractivity contribution >= 4 is 35.5 Å². The number of nitrogens with zero attached hydrogens (tertiary/aromatic N) is 1. The van der Waals surface area contributed by atoms with E-state index >= 15 is 0 Å². The van der Waals surface area contributed by atoms with Crippen molar-refractivity contribution in [3.05, 3.63) is 0 Å². The van der Waals surface area contributed by atoms with Crippen LogP contribution in [0.2, 0.25) is 0 Å². The predicted octanol–water partition coefficient (Wildman–Crippen LogP) is 2.56. The van der Waals surface area contributed by atoms with Crippen LogP contribution in [-0.2, 0) is 4.79 Å². The maximum absolute atomic E-state index is 11.7. The maximum atomic E-state index is 11.7. The summed E-state index contributed by atoms with van der Waals surface area (Å²) in [4.78, 5) is 24.9. The zero-order chi connectivity index (χ0) is 11.6. The summed E-state index contributed by atoms with van der Waals surface area (Å²) in [6, 6.07) is 0. The van der Waals surface area contributed by atoms with Gasteiger partial charge in [0.15, 0.2) is 0 Å². The van der Waals surface area contributed by atoms with Crippen molar-refractivity contribution < 1.29 is 9.59 Å². The summed E-state index contributed by atoms with van der Waals surface area (Å²) < 4.78 is 0. The van der Waals surface area contributed by atoms with E-state index in [1.807, 2.05) is 0 Å². The predicted molar refractivity (Wildman–Crippen MR) is 68.9 cm³/mol. The molecule has 0 bridgehead atoms. The summed E-state index contributed by atoms with van der Waals surface area (Å²) in [7, 11) is 0. The molecule has 5 heteroatoms. The minimum atomic E-state index is -0.0655. The van der Waals surface area contributed by atoms with Gasteiger partial charge in [-0.05, 0) is 24.0 Å². The van der Waals surface area contributed by atoms with Crippen molar-refractivity contribution in [1.29, 1.82) is 0 Å². The Morgan fingerprint density at radius 3 is 2.56 bits per heavy atom. The Balaban J connectivity index is 2.06.